The molecule has 6 heteroatoms. The molecule has 2 aliphatic heterocycles. The fraction of sp³-hybridized carbons (Fsp3) is 0.476. The van der Waals surface area contributed by atoms with Crippen molar-refractivity contribution in [2.45, 2.75) is 31.6 Å². The molecule has 142 valence electrons. The molecule has 6 nitrogen and oxygen atoms in total. The van der Waals surface area contributed by atoms with Gasteiger partial charge < -0.3 is 14.4 Å². The highest BCUT2D eigenvalue weighted by molar-refractivity contribution is 5.79. The molecule has 1 aromatic carbocycles. The molecule has 2 fully saturated rings. The van der Waals surface area contributed by atoms with Crippen LogP contribution >= 0.6 is 0 Å². The summed E-state index contributed by atoms with van der Waals surface area (Å²) in [5.41, 5.74) is 0.896. The third kappa shape index (κ3) is 4.45. The van der Waals surface area contributed by atoms with E-state index >= 15 is 0 Å². The molecule has 1 aromatic heterocycles. The molecule has 2 aromatic rings. The van der Waals surface area contributed by atoms with Crippen LogP contribution in [0.25, 0.3) is 0 Å². The first-order chi connectivity index (χ1) is 13.3. The minimum atomic E-state index is 0.108. The fourth-order valence-electron chi connectivity index (χ4n) is 3.84. The number of ether oxygens (including phenoxy) is 2. The average molecular weight is 367 g/mol. The minimum absolute atomic E-state index is 0.108. The van der Waals surface area contributed by atoms with Crippen LogP contribution < -0.4 is 4.74 Å². The van der Waals surface area contributed by atoms with Gasteiger partial charge in [0.05, 0.1) is 11.9 Å². The smallest absolute Gasteiger partial charge is 0.238 e. The second kappa shape index (κ2) is 8.48. The third-order valence-electron chi connectivity index (χ3n) is 5.32. The molecule has 0 unspecified atom stereocenters. The van der Waals surface area contributed by atoms with Gasteiger partial charge >= 0.3 is 0 Å². The van der Waals surface area contributed by atoms with Crippen molar-refractivity contribution in [3.63, 3.8) is 0 Å². The van der Waals surface area contributed by atoms with E-state index < -0.39 is 0 Å². The number of aromatic nitrogens is 2. The topological polar surface area (TPSA) is 64.5 Å². The zero-order valence-electron chi connectivity index (χ0n) is 15.4. The van der Waals surface area contributed by atoms with E-state index in [9.17, 15) is 4.79 Å². The highest BCUT2D eigenvalue weighted by Gasteiger charge is 2.31. The Morgan fingerprint density at radius 2 is 1.93 bits per heavy atom. The van der Waals surface area contributed by atoms with Crippen LogP contribution in [0.15, 0.2) is 42.7 Å². The quantitative estimate of drug-likeness (QED) is 0.829. The minimum Gasteiger partial charge on any atom is -0.437 e. The van der Waals surface area contributed by atoms with Crippen LogP contribution in [-0.4, -0.2) is 47.1 Å². The van der Waals surface area contributed by atoms with Crippen molar-refractivity contribution in [2.75, 3.05) is 26.3 Å². The first-order valence-electron chi connectivity index (χ1n) is 9.71. The number of carbonyl (C=O) groups is 1. The Balaban J connectivity index is 1.43. The summed E-state index contributed by atoms with van der Waals surface area (Å²) < 4.78 is 11.2. The van der Waals surface area contributed by atoms with E-state index in [-0.39, 0.29) is 17.7 Å². The number of rotatable bonds is 4. The number of carbonyl (C=O) groups excluding carboxylic acids is 1. The highest BCUT2D eigenvalue weighted by Crippen LogP contribution is 2.29. The van der Waals surface area contributed by atoms with Gasteiger partial charge in [0.25, 0.3) is 0 Å². The van der Waals surface area contributed by atoms with Crippen LogP contribution in [0.4, 0.5) is 0 Å². The summed E-state index contributed by atoms with van der Waals surface area (Å²) in [6.45, 7) is 2.93. The van der Waals surface area contributed by atoms with Gasteiger partial charge in [-0.25, -0.2) is 4.98 Å². The van der Waals surface area contributed by atoms with E-state index in [0.717, 1.165) is 43.7 Å². The first kappa shape index (κ1) is 17.9. The van der Waals surface area contributed by atoms with Gasteiger partial charge in [0, 0.05) is 44.3 Å². The summed E-state index contributed by atoms with van der Waals surface area (Å²) in [5.74, 6) is 1.81. The molecule has 1 amide bonds. The Morgan fingerprint density at radius 1 is 1.11 bits per heavy atom. The Labute approximate surface area is 159 Å². The van der Waals surface area contributed by atoms with E-state index in [2.05, 4.69) is 9.97 Å². The van der Waals surface area contributed by atoms with Gasteiger partial charge in [-0.1, -0.05) is 18.2 Å². The summed E-state index contributed by atoms with van der Waals surface area (Å²) in [4.78, 5) is 23.8. The largest absolute Gasteiger partial charge is 0.437 e. The lowest BCUT2D eigenvalue weighted by molar-refractivity contribution is -0.139. The van der Waals surface area contributed by atoms with E-state index in [1.165, 1.54) is 0 Å². The summed E-state index contributed by atoms with van der Waals surface area (Å²) in [6.07, 6.45) is 7.10. The number of likely N-dealkylation sites (tertiary alicyclic amines) is 1. The Bertz CT molecular complexity index is 762. The SMILES string of the molecule is O=C(C1CCOCC1)N1CCC[C@@H](c2cncc(Oc3ccccc3)n2)C1. The molecule has 3 heterocycles. The number of piperidine rings is 1. The summed E-state index contributed by atoms with van der Waals surface area (Å²) in [5, 5.41) is 0. The number of hydrogen-bond acceptors (Lipinski definition) is 5. The number of para-hydroxylation sites is 1. The molecule has 0 bridgehead atoms. The molecule has 2 aliphatic rings. The third-order valence-corrected chi connectivity index (χ3v) is 5.32. The van der Waals surface area contributed by atoms with Crippen molar-refractivity contribution in [2.24, 2.45) is 5.92 Å². The summed E-state index contributed by atoms with van der Waals surface area (Å²) in [6, 6.07) is 9.58. The number of amides is 1. The van der Waals surface area contributed by atoms with Crippen LogP contribution in [0.1, 0.15) is 37.3 Å². The van der Waals surface area contributed by atoms with Crippen molar-refractivity contribution >= 4 is 5.91 Å². The Hall–Kier alpha value is -2.47. The summed E-state index contributed by atoms with van der Waals surface area (Å²) >= 11 is 0. The standard InChI is InChI=1S/C21H25N3O3/c25-21(16-8-11-26-12-9-16)24-10-4-5-17(15-24)19-13-22-14-20(23-19)27-18-6-2-1-3-7-18/h1-3,6-7,13-14,16-17H,4-5,8-12,15H2/t17-/m1/s1. The molecule has 4 rings (SSSR count). The van der Waals surface area contributed by atoms with Gasteiger partial charge in [-0.3, -0.25) is 9.78 Å². The van der Waals surface area contributed by atoms with Crippen molar-refractivity contribution in [1.29, 1.82) is 0 Å². The lowest BCUT2D eigenvalue weighted by atomic mass is 9.92. The van der Waals surface area contributed by atoms with Crippen LogP contribution in [-0.2, 0) is 9.53 Å². The van der Waals surface area contributed by atoms with Gasteiger partial charge in [-0.15, -0.1) is 0 Å². The van der Waals surface area contributed by atoms with Crippen LogP contribution in [0.2, 0.25) is 0 Å². The molecular formula is C21H25N3O3. The number of hydrogen-bond donors (Lipinski definition) is 0. The van der Waals surface area contributed by atoms with Crippen molar-refractivity contribution < 1.29 is 14.3 Å². The second-order valence-electron chi connectivity index (χ2n) is 7.21. The maximum absolute atomic E-state index is 12.8. The van der Waals surface area contributed by atoms with Gasteiger partial charge in [0.15, 0.2) is 0 Å². The zero-order valence-corrected chi connectivity index (χ0v) is 15.4. The number of benzene rings is 1. The predicted molar refractivity (Wildman–Crippen MR) is 101 cm³/mol. The van der Waals surface area contributed by atoms with E-state index in [0.29, 0.717) is 25.6 Å². The molecule has 0 saturated carbocycles. The van der Waals surface area contributed by atoms with Crippen LogP contribution in [0.3, 0.4) is 0 Å². The second-order valence-corrected chi connectivity index (χ2v) is 7.21. The molecular weight excluding hydrogens is 342 g/mol. The maximum atomic E-state index is 12.8. The van der Waals surface area contributed by atoms with E-state index in [1.807, 2.05) is 35.2 Å². The van der Waals surface area contributed by atoms with Gasteiger partial charge in [-0.05, 0) is 37.8 Å². The lowest BCUT2D eigenvalue weighted by Gasteiger charge is -2.35. The van der Waals surface area contributed by atoms with Crippen molar-refractivity contribution in [3.05, 3.63) is 48.4 Å². The zero-order chi connectivity index (χ0) is 18.5. The van der Waals surface area contributed by atoms with Crippen molar-refractivity contribution in [1.82, 2.24) is 14.9 Å². The molecule has 1 atom stereocenters. The molecule has 0 radical (unpaired) electrons. The van der Waals surface area contributed by atoms with Crippen LogP contribution in [0, 0.1) is 5.92 Å². The molecule has 2 saturated heterocycles. The Morgan fingerprint density at radius 3 is 2.74 bits per heavy atom. The van der Waals surface area contributed by atoms with E-state index in [4.69, 9.17) is 9.47 Å². The fourth-order valence-corrected chi connectivity index (χ4v) is 3.84. The van der Waals surface area contributed by atoms with Crippen LogP contribution in [0.5, 0.6) is 11.6 Å². The molecule has 0 aliphatic carbocycles. The van der Waals surface area contributed by atoms with Crippen molar-refractivity contribution in [3.8, 4) is 11.6 Å². The van der Waals surface area contributed by atoms with E-state index in [1.54, 1.807) is 12.4 Å². The highest BCUT2D eigenvalue weighted by atomic mass is 16.5. The lowest BCUT2D eigenvalue weighted by Crippen LogP contribution is -2.43. The number of nitrogens with zero attached hydrogens (tertiary/aromatic N) is 3. The first-order valence-corrected chi connectivity index (χ1v) is 9.71. The molecule has 0 spiro atoms. The molecule has 0 N–H and O–H groups in total. The molecule has 27 heavy (non-hydrogen) atoms. The maximum Gasteiger partial charge on any atom is 0.238 e. The summed E-state index contributed by atoms with van der Waals surface area (Å²) in [7, 11) is 0. The van der Waals surface area contributed by atoms with Gasteiger partial charge in [-0.2, -0.15) is 0 Å². The monoisotopic (exact) mass is 367 g/mol. The normalized spacial score (nSPS) is 21.0. The van der Waals surface area contributed by atoms with Gasteiger partial charge in [0.2, 0.25) is 11.8 Å². The van der Waals surface area contributed by atoms with Gasteiger partial charge in [0.1, 0.15) is 5.75 Å². The average Bonchev–Trinajstić information content (AvgIpc) is 2.75. The predicted octanol–water partition coefficient (Wildman–Crippen LogP) is 3.40. The Kier molecular flexibility index (Phi) is 5.63.